The minimum atomic E-state index is 1.15. The molecule has 2 aliphatic carbocycles. The van der Waals surface area contributed by atoms with Gasteiger partial charge in [-0.2, -0.15) is 0 Å². The van der Waals surface area contributed by atoms with Crippen molar-refractivity contribution in [3.05, 3.63) is 0 Å². The van der Waals surface area contributed by atoms with Crippen molar-refractivity contribution in [1.82, 2.24) is 0 Å². The van der Waals surface area contributed by atoms with E-state index in [1.165, 1.54) is 43.4 Å². The molecule has 70 valence electrons. The number of rotatable bonds is 5. The normalized spacial score (nSPS) is 43.5. The summed E-state index contributed by atoms with van der Waals surface area (Å²) in [5.41, 5.74) is 0. The van der Waals surface area contributed by atoms with Gasteiger partial charge in [0.2, 0.25) is 0 Å². The molecule has 0 aromatic heterocycles. The maximum atomic E-state index is 2.33. The molecule has 4 atom stereocenters. The summed E-state index contributed by atoms with van der Waals surface area (Å²) in [6.45, 7) is 4.64. The molecule has 12 heavy (non-hydrogen) atoms. The van der Waals surface area contributed by atoms with Gasteiger partial charge in [0.25, 0.3) is 0 Å². The Labute approximate surface area is 76.7 Å². The Bertz CT molecular complexity index is 146. The van der Waals surface area contributed by atoms with E-state index in [0.717, 1.165) is 5.92 Å². The lowest BCUT2D eigenvalue weighted by molar-refractivity contribution is 0.267. The van der Waals surface area contributed by atoms with Gasteiger partial charge in [-0.15, -0.1) is 0 Å². The molecule has 0 bridgehead atoms. The smallest absolute Gasteiger partial charge is 0.0323 e. The summed E-state index contributed by atoms with van der Waals surface area (Å²) in [6.07, 6.45) is 8.95. The van der Waals surface area contributed by atoms with Crippen LogP contribution in [-0.2, 0) is 0 Å². The van der Waals surface area contributed by atoms with Gasteiger partial charge >= 0.3 is 0 Å². The van der Waals surface area contributed by atoms with Crippen LogP contribution < -0.4 is 0 Å². The van der Waals surface area contributed by atoms with Crippen LogP contribution in [0.5, 0.6) is 0 Å². The second kappa shape index (κ2) is 3.40. The quantitative estimate of drug-likeness (QED) is 0.582. The predicted molar refractivity (Wildman–Crippen MR) is 53.0 cm³/mol. The Kier molecular flexibility index (Phi) is 2.43. The van der Waals surface area contributed by atoms with E-state index in [1.54, 1.807) is 12.8 Å². The van der Waals surface area contributed by atoms with Crippen molar-refractivity contribution < 1.29 is 0 Å². The average molecular weight is 166 g/mol. The van der Waals surface area contributed by atoms with Gasteiger partial charge < -0.3 is 0 Å². The van der Waals surface area contributed by atoms with Gasteiger partial charge in [-0.1, -0.05) is 39.5 Å². The highest BCUT2D eigenvalue weighted by Gasteiger charge is 2.60. The van der Waals surface area contributed by atoms with E-state index in [1.807, 2.05) is 0 Å². The van der Waals surface area contributed by atoms with E-state index >= 15 is 0 Å². The van der Waals surface area contributed by atoms with Crippen LogP contribution in [0.4, 0.5) is 0 Å². The molecule has 0 heteroatoms. The fraction of sp³-hybridized carbons (Fsp3) is 1.00. The Morgan fingerprint density at radius 2 is 1.92 bits per heavy atom. The molecule has 0 nitrogen and oxygen atoms in total. The molecule has 0 heterocycles. The lowest BCUT2D eigenvalue weighted by atomic mass is 9.82. The van der Waals surface area contributed by atoms with Crippen LogP contribution in [-0.4, -0.2) is 0 Å². The summed E-state index contributed by atoms with van der Waals surface area (Å²) < 4.78 is 0. The zero-order valence-corrected chi connectivity index (χ0v) is 8.55. The summed E-state index contributed by atoms with van der Waals surface area (Å²) in [4.78, 5) is 0. The van der Waals surface area contributed by atoms with E-state index < -0.39 is 0 Å². The van der Waals surface area contributed by atoms with E-state index in [-0.39, 0.29) is 0 Å². The van der Waals surface area contributed by atoms with Crippen LogP contribution in [0.15, 0.2) is 0 Å². The first-order valence-corrected chi connectivity index (χ1v) is 5.88. The molecule has 4 unspecified atom stereocenters. The second-order valence-corrected chi connectivity index (χ2v) is 4.83. The van der Waals surface area contributed by atoms with Crippen molar-refractivity contribution >= 4 is 0 Å². The van der Waals surface area contributed by atoms with Crippen LogP contribution in [0.3, 0.4) is 0 Å². The molecule has 0 aromatic carbocycles. The first-order valence-electron chi connectivity index (χ1n) is 5.88. The zero-order valence-electron chi connectivity index (χ0n) is 8.55. The Morgan fingerprint density at radius 3 is 2.58 bits per heavy atom. The minimum Gasteiger partial charge on any atom is -0.0654 e. The molecule has 0 spiro atoms. The fourth-order valence-corrected chi connectivity index (χ4v) is 3.34. The minimum absolute atomic E-state index is 1.15. The van der Waals surface area contributed by atoms with Gasteiger partial charge in [-0.25, -0.2) is 0 Å². The first kappa shape index (κ1) is 8.59. The standard InChI is InChI=1S/C12H22/c1-3-5-7-10-11-8-9(6-4-2)12(10)11/h9-12H,3-8H2,1-2H3. The SMILES string of the molecule is CCCCC1C2CC(CCC)C12. The summed E-state index contributed by atoms with van der Waals surface area (Å²) in [6, 6.07) is 0. The van der Waals surface area contributed by atoms with Crippen molar-refractivity contribution in [2.24, 2.45) is 23.7 Å². The lowest BCUT2D eigenvalue weighted by Gasteiger charge is -2.23. The summed E-state index contributed by atoms with van der Waals surface area (Å²) in [7, 11) is 0. The molecule has 2 rings (SSSR count). The molecule has 2 saturated carbocycles. The Morgan fingerprint density at radius 1 is 1.08 bits per heavy atom. The molecule has 0 amide bonds. The van der Waals surface area contributed by atoms with Gasteiger partial charge in [0.15, 0.2) is 0 Å². The van der Waals surface area contributed by atoms with Crippen molar-refractivity contribution in [3.8, 4) is 0 Å². The molecule has 2 aliphatic rings. The van der Waals surface area contributed by atoms with Crippen molar-refractivity contribution in [3.63, 3.8) is 0 Å². The maximum Gasteiger partial charge on any atom is -0.0323 e. The van der Waals surface area contributed by atoms with Crippen molar-refractivity contribution in [2.45, 2.75) is 52.4 Å². The van der Waals surface area contributed by atoms with Crippen molar-refractivity contribution in [2.75, 3.05) is 0 Å². The molecule has 0 aromatic rings. The number of hydrogen-bond acceptors (Lipinski definition) is 0. The largest absolute Gasteiger partial charge is 0.0654 e. The monoisotopic (exact) mass is 166 g/mol. The zero-order chi connectivity index (χ0) is 8.55. The van der Waals surface area contributed by atoms with Crippen LogP contribution >= 0.6 is 0 Å². The molecule has 0 aliphatic heterocycles. The van der Waals surface area contributed by atoms with Crippen LogP contribution in [0.2, 0.25) is 0 Å². The first-order chi connectivity index (χ1) is 5.88. The van der Waals surface area contributed by atoms with E-state index in [0.29, 0.717) is 0 Å². The predicted octanol–water partition coefficient (Wildman–Crippen LogP) is 3.86. The molecular weight excluding hydrogens is 144 g/mol. The third-order valence-electron chi connectivity index (χ3n) is 4.07. The molecule has 0 saturated heterocycles. The number of hydrogen-bond donors (Lipinski definition) is 0. The molecular formula is C12H22. The molecule has 0 radical (unpaired) electrons. The van der Waals surface area contributed by atoms with Crippen LogP contribution in [0.25, 0.3) is 0 Å². The van der Waals surface area contributed by atoms with Crippen molar-refractivity contribution in [1.29, 1.82) is 0 Å². The van der Waals surface area contributed by atoms with Gasteiger partial charge in [-0.3, -0.25) is 0 Å². The Balaban J connectivity index is 1.66. The highest BCUT2D eigenvalue weighted by Crippen LogP contribution is 2.67. The van der Waals surface area contributed by atoms with E-state index in [9.17, 15) is 0 Å². The lowest BCUT2D eigenvalue weighted by Crippen LogP contribution is -2.14. The van der Waals surface area contributed by atoms with Gasteiger partial charge in [0, 0.05) is 0 Å². The maximum absolute atomic E-state index is 2.33. The van der Waals surface area contributed by atoms with Gasteiger partial charge in [0.05, 0.1) is 0 Å². The second-order valence-electron chi connectivity index (χ2n) is 4.83. The third-order valence-corrected chi connectivity index (χ3v) is 4.07. The third kappa shape index (κ3) is 1.30. The van der Waals surface area contributed by atoms with E-state index in [4.69, 9.17) is 0 Å². The summed E-state index contributed by atoms with van der Waals surface area (Å²) >= 11 is 0. The number of fused-ring (bicyclic) bond motifs is 1. The van der Waals surface area contributed by atoms with Gasteiger partial charge in [-0.05, 0) is 36.5 Å². The van der Waals surface area contributed by atoms with Crippen LogP contribution in [0, 0.1) is 23.7 Å². The Hall–Kier alpha value is 0. The molecule has 2 fully saturated rings. The fourth-order valence-electron chi connectivity index (χ4n) is 3.34. The highest BCUT2D eigenvalue weighted by molar-refractivity contribution is 5.09. The summed E-state index contributed by atoms with van der Waals surface area (Å²) in [5.74, 6) is 4.74. The number of unbranched alkanes of at least 4 members (excludes halogenated alkanes) is 1. The van der Waals surface area contributed by atoms with Gasteiger partial charge in [0.1, 0.15) is 0 Å². The molecule has 0 N–H and O–H groups in total. The summed E-state index contributed by atoms with van der Waals surface area (Å²) in [5, 5.41) is 0. The topological polar surface area (TPSA) is 0 Å². The van der Waals surface area contributed by atoms with Crippen LogP contribution in [0.1, 0.15) is 52.4 Å². The average Bonchev–Trinajstić information content (AvgIpc) is 2.62. The van der Waals surface area contributed by atoms with E-state index in [2.05, 4.69) is 13.8 Å². The highest BCUT2D eigenvalue weighted by atomic mass is 14.7.